The van der Waals surface area contributed by atoms with Crippen LogP contribution in [0.15, 0.2) is 34.3 Å². The van der Waals surface area contributed by atoms with Crippen LogP contribution in [0.5, 0.6) is 0 Å². The van der Waals surface area contributed by atoms with Crippen molar-refractivity contribution in [2.45, 2.75) is 40.2 Å². The first-order valence-electron chi connectivity index (χ1n) is 7.83. The van der Waals surface area contributed by atoms with Gasteiger partial charge < -0.3 is 9.47 Å². The average molecular weight is 300 g/mol. The number of amidine groups is 1. The monoisotopic (exact) mass is 300 g/mol. The van der Waals surface area contributed by atoms with Crippen LogP contribution in [0.1, 0.15) is 38.4 Å². The molecule has 2 heterocycles. The number of aromatic nitrogens is 2. The van der Waals surface area contributed by atoms with Crippen LogP contribution >= 0.6 is 0 Å². The normalized spacial score (nSPS) is 17.4. The van der Waals surface area contributed by atoms with Crippen LogP contribution in [0.3, 0.4) is 0 Å². The molecule has 1 aromatic rings. The van der Waals surface area contributed by atoms with Crippen molar-refractivity contribution in [3.05, 3.63) is 46.2 Å². The van der Waals surface area contributed by atoms with E-state index in [1.165, 1.54) is 0 Å². The molecule has 2 rings (SSSR count). The van der Waals surface area contributed by atoms with E-state index in [0.717, 1.165) is 42.3 Å². The molecule has 1 aromatic heterocycles. The Morgan fingerprint density at radius 3 is 2.77 bits per heavy atom. The summed E-state index contributed by atoms with van der Waals surface area (Å²) < 4.78 is 2.07. The second kappa shape index (κ2) is 7.20. The maximum Gasteiger partial charge on any atom is 0.276 e. The maximum atomic E-state index is 12.1. The van der Waals surface area contributed by atoms with Crippen molar-refractivity contribution in [1.82, 2.24) is 14.5 Å². The predicted molar refractivity (Wildman–Crippen MR) is 91.0 cm³/mol. The molecule has 0 aromatic carbocycles. The minimum atomic E-state index is -0.131. The largest absolute Gasteiger partial charge is 0.328 e. The zero-order chi connectivity index (χ0) is 16.1. The van der Waals surface area contributed by atoms with Crippen molar-refractivity contribution in [2.24, 2.45) is 4.99 Å². The van der Waals surface area contributed by atoms with Gasteiger partial charge in [0.25, 0.3) is 5.56 Å². The van der Waals surface area contributed by atoms with E-state index in [1.807, 2.05) is 19.9 Å². The van der Waals surface area contributed by atoms with Crippen LogP contribution in [0, 0.1) is 0 Å². The summed E-state index contributed by atoms with van der Waals surface area (Å²) in [6.07, 6.45) is 9.50. The molecule has 1 aliphatic heterocycles. The molecule has 22 heavy (non-hydrogen) atoms. The molecule has 5 heteroatoms. The van der Waals surface area contributed by atoms with Gasteiger partial charge in [0, 0.05) is 25.7 Å². The molecule has 0 N–H and O–H groups in total. The molecule has 0 spiro atoms. The van der Waals surface area contributed by atoms with Gasteiger partial charge in [-0.2, -0.15) is 4.98 Å². The van der Waals surface area contributed by atoms with E-state index in [0.29, 0.717) is 6.42 Å². The number of aliphatic imine (C=N–C) groups is 1. The van der Waals surface area contributed by atoms with E-state index < -0.39 is 0 Å². The summed E-state index contributed by atoms with van der Waals surface area (Å²) in [4.78, 5) is 22.7. The summed E-state index contributed by atoms with van der Waals surface area (Å²) in [5.41, 5.74) is 2.65. The quantitative estimate of drug-likeness (QED) is 0.636. The van der Waals surface area contributed by atoms with Gasteiger partial charge in [0.2, 0.25) is 0 Å². The third kappa shape index (κ3) is 2.89. The van der Waals surface area contributed by atoms with Crippen molar-refractivity contribution in [1.29, 1.82) is 0 Å². The standard InChI is InChI=1S/C17H24N4O/c1-5-8-9-15(18-4)21-11-10-20-12-19-17(22)13(6-2)16(20)14(21)7-3/h7-9,12H,5-6,10-11H2,1-4H3/b9-8-,14-7-,18-15?. The molecule has 0 amide bonds. The molecule has 0 bridgehead atoms. The summed E-state index contributed by atoms with van der Waals surface area (Å²) in [7, 11) is 1.80. The number of rotatable bonds is 3. The van der Waals surface area contributed by atoms with Crippen LogP contribution in [-0.2, 0) is 13.0 Å². The predicted octanol–water partition coefficient (Wildman–Crippen LogP) is 2.48. The van der Waals surface area contributed by atoms with Crippen molar-refractivity contribution in [2.75, 3.05) is 13.6 Å². The van der Waals surface area contributed by atoms with E-state index in [2.05, 4.69) is 38.5 Å². The first kappa shape index (κ1) is 16.2. The molecule has 1 aliphatic rings. The fraction of sp³-hybridized carbons (Fsp3) is 0.471. The second-order valence-corrected chi connectivity index (χ2v) is 5.14. The molecule has 0 aliphatic carbocycles. The van der Waals surface area contributed by atoms with Crippen molar-refractivity contribution in [3.8, 4) is 0 Å². The maximum absolute atomic E-state index is 12.1. The number of fused-ring (bicyclic) bond motifs is 1. The summed E-state index contributed by atoms with van der Waals surface area (Å²) in [6, 6.07) is 0. The third-order valence-corrected chi connectivity index (χ3v) is 3.88. The number of allylic oxidation sites excluding steroid dienone is 2. The van der Waals surface area contributed by atoms with E-state index >= 15 is 0 Å². The number of hydrogen-bond donors (Lipinski definition) is 0. The van der Waals surface area contributed by atoms with Crippen LogP contribution in [0.4, 0.5) is 0 Å². The molecular formula is C17H24N4O. The summed E-state index contributed by atoms with van der Waals surface area (Å²) in [5, 5.41) is 0. The minimum absolute atomic E-state index is 0.131. The first-order valence-corrected chi connectivity index (χ1v) is 7.83. The fourth-order valence-electron chi connectivity index (χ4n) is 2.82. The molecule has 5 nitrogen and oxygen atoms in total. The first-order chi connectivity index (χ1) is 10.7. The fourth-order valence-corrected chi connectivity index (χ4v) is 2.82. The van der Waals surface area contributed by atoms with Gasteiger partial charge in [-0.15, -0.1) is 0 Å². The SMILES string of the molecule is C/C=C1/c2c(CC)c(=O)ncn2CCN1C(/C=C\CC)=NC. The highest BCUT2D eigenvalue weighted by Gasteiger charge is 2.25. The van der Waals surface area contributed by atoms with E-state index in [-0.39, 0.29) is 5.56 Å². The molecule has 0 radical (unpaired) electrons. The van der Waals surface area contributed by atoms with Crippen molar-refractivity contribution in [3.63, 3.8) is 0 Å². The van der Waals surface area contributed by atoms with E-state index in [4.69, 9.17) is 0 Å². The third-order valence-electron chi connectivity index (χ3n) is 3.88. The minimum Gasteiger partial charge on any atom is -0.328 e. The highest BCUT2D eigenvalue weighted by atomic mass is 16.1. The molecule has 0 fully saturated rings. The molecule has 118 valence electrons. The molecule has 0 unspecified atom stereocenters. The molecule has 0 atom stereocenters. The Morgan fingerprint density at radius 1 is 1.41 bits per heavy atom. The van der Waals surface area contributed by atoms with Gasteiger partial charge in [-0.1, -0.05) is 26.0 Å². The second-order valence-electron chi connectivity index (χ2n) is 5.14. The van der Waals surface area contributed by atoms with Gasteiger partial charge in [0.05, 0.1) is 17.7 Å². The smallest absolute Gasteiger partial charge is 0.276 e. The lowest BCUT2D eigenvalue weighted by atomic mass is 10.1. The lowest BCUT2D eigenvalue weighted by Gasteiger charge is -2.34. The Morgan fingerprint density at radius 2 is 2.18 bits per heavy atom. The molecule has 0 saturated heterocycles. The Bertz CT molecular complexity index is 682. The lowest BCUT2D eigenvalue weighted by molar-refractivity contribution is 0.467. The van der Waals surface area contributed by atoms with Gasteiger partial charge in [-0.05, 0) is 25.8 Å². The highest BCUT2D eigenvalue weighted by Crippen LogP contribution is 2.26. The Balaban J connectivity index is 2.56. The van der Waals surface area contributed by atoms with Crippen LogP contribution < -0.4 is 5.56 Å². The van der Waals surface area contributed by atoms with Crippen LogP contribution in [0.2, 0.25) is 0 Å². The highest BCUT2D eigenvalue weighted by molar-refractivity contribution is 5.99. The zero-order valence-corrected chi connectivity index (χ0v) is 13.8. The molecule has 0 saturated carbocycles. The van der Waals surface area contributed by atoms with Crippen molar-refractivity contribution >= 4 is 11.5 Å². The lowest BCUT2D eigenvalue weighted by Crippen LogP contribution is -2.39. The van der Waals surface area contributed by atoms with E-state index in [1.54, 1.807) is 13.4 Å². The van der Waals surface area contributed by atoms with E-state index in [9.17, 15) is 4.79 Å². The topological polar surface area (TPSA) is 50.5 Å². The van der Waals surface area contributed by atoms with Gasteiger partial charge in [0.1, 0.15) is 5.84 Å². The van der Waals surface area contributed by atoms with Gasteiger partial charge in [0.15, 0.2) is 0 Å². The summed E-state index contributed by atoms with van der Waals surface area (Å²) >= 11 is 0. The summed E-state index contributed by atoms with van der Waals surface area (Å²) in [6.45, 7) is 7.72. The Hall–Kier alpha value is -2.17. The summed E-state index contributed by atoms with van der Waals surface area (Å²) in [5.74, 6) is 0.924. The zero-order valence-electron chi connectivity index (χ0n) is 13.8. The van der Waals surface area contributed by atoms with Gasteiger partial charge in [-0.25, -0.2) is 0 Å². The van der Waals surface area contributed by atoms with Crippen LogP contribution in [-0.4, -0.2) is 33.9 Å². The molecular weight excluding hydrogens is 276 g/mol. The Kier molecular flexibility index (Phi) is 5.31. The number of hydrogen-bond acceptors (Lipinski definition) is 3. The number of nitrogens with zero attached hydrogens (tertiary/aromatic N) is 4. The van der Waals surface area contributed by atoms with Gasteiger partial charge in [-0.3, -0.25) is 9.79 Å². The van der Waals surface area contributed by atoms with Gasteiger partial charge >= 0.3 is 0 Å². The van der Waals surface area contributed by atoms with Crippen LogP contribution in [0.25, 0.3) is 5.70 Å². The average Bonchev–Trinajstić information content (AvgIpc) is 2.55. The Labute approximate surface area is 131 Å². The van der Waals surface area contributed by atoms with Crippen molar-refractivity contribution < 1.29 is 0 Å².